The van der Waals surface area contributed by atoms with Gasteiger partial charge in [0.25, 0.3) is 0 Å². The van der Waals surface area contributed by atoms with Crippen LogP contribution in [0.5, 0.6) is 5.75 Å². The number of carbonyl (C=O) groups excluding carboxylic acids is 1. The van der Waals surface area contributed by atoms with Crippen LogP contribution in [0.1, 0.15) is 37.7 Å². The van der Waals surface area contributed by atoms with Gasteiger partial charge in [-0.25, -0.2) is 0 Å². The van der Waals surface area contributed by atoms with E-state index in [1.54, 1.807) is 0 Å². The first-order valence-corrected chi connectivity index (χ1v) is 9.35. The summed E-state index contributed by atoms with van der Waals surface area (Å²) in [5, 5.41) is 16.0. The van der Waals surface area contributed by atoms with E-state index in [9.17, 15) is 23.1 Å². The third-order valence-corrected chi connectivity index (χ3v) is 5.29. The molecule has 3 N–H and O–H groups in total. The second-order valence-electron chi connectivity index (χ2n) is 7.34. The van der Waals surface area contributed by atoms with Crippen LogP contribution in [-0.2, 0) is 11.0 Å². The molecule has 1 amide bonds. The van der Waals surface area contributed by atoms with Crippen LogP contribution in [0.15, 0.2) is 24.3 Å². The highest BCUT2D eigenvalue weighted by molar-refractivity contribution is 5.85. The number of nitrogens with one attached hydrogen (secondary N) is 2. The fourth-order valence-corrected chi connectivity index (χ4v) is 3.88. The summed E-state index contributed by atoms with van der Waals surface area (Å²) in [7, 11) is 0. The van der Waals surface area contributed by atoms with Crippen LogP contribution >= 0.6 is 12.4 Å². The average molecular weight is 423 g/mol. The number of fused-ring (bicyclic) bond motifs is 1. The molecule has 0 radical (unpaired) electrons. The Kier molecular flexibility index (Phi) is 7.97. The zero-order chi connectivity index (χ0) is 19.4. The third kappa shape index (κ3) is 5.99. The van der Waals surface area contributed by atoms with Gasteiger partial charge in [-0.1, -0.05) is 18.9 Å². The van der Waals surface area contributed by atoms with Crippen molar-refractivity contribution in [2.45, 2.75) is 56.5 Å². The summed E-state index contributed by atoms with van der Waals surface area (Å²) in [6.45, 7) is -0.212. The van der Waals surface area contributed by atoms with Gasteiger partial charge >= 0.3 is 6.18 Å². The maximum atomic E-state index is 12.7. The number of aliphatic hydroxyl groups is 1. The van der Waals surface area contributed by atoms with Gasteiger partial charge in [0.05, 0.1) is 11.6 Å². The molecule has 3 rings (SSSR count). The van der Waals surface area contributed by atoms with Gasteiger partial charge in [-0.15, -0.1) is 12.4 Å². The number of alkyl halides is 3. The van der Waals surface area contributed by atoms with Crippen molar-refractivity contribution in [3.05, 3.63) is 29.8 Å². The molecule has 1 aromatic rings. The number of hydrogen-bond donors (Lipinski definition) is 3. The molecule has 158 valence electrons. The van der Waals surface area contributed by atoms with Crippen molar-refractivity contribution in [2.24, 2.45) is 5.92 Å². The second-order valence-corrected chi connectivity index (χ2v) is 7.34. The maximum Gasteiger partial charge on any atom is 0.416 e. The monoisotopic (exact) mass is 422 g/mol. The van der Waals surface area contributed by atoms with E-state index in [-0.39, 0.29) is 43.3 Å². The number of halogens is 4. The molecule has 1 saturated carbocycles. The lowest BCUT2D eigenvalue weighted by Gasteiger charge is -2.24. The Hall–Kier alpha value is -1.51. The molecule has 1 aliphatic carbocycles. The predicted octanol–water partition coefficient (Wildman–Crippen LogP) is 2.90. The molecule has 1 heterocycles. The molecule has 4 unspecified atom stereocenters. The minimum Gasteiger partial charge on any atom is -0.491 e. The number of rotatable bonds is 6. The van der Waals surface area contributed by atoms with E-state index in [2.05, 4.69) is 10.6 Å². The summed E-state index contributed by atoms with van der Waals surface area (Å²) in [6.07, 6.45) is 0.00508. The number of amides is 1. The summed E-state index contributed by atoms with van der Waals surface area (Å²) in [5.74, 6) is 0.419. The van der Waals surface area contributed by atoms with E-state index in [0.717, 1.165) is 31.4 Å². The van der Waals surface area contributed by atoms with Gasteiger partial charge in [-0.3, -0.25) is 4.79 Å². The summed E-state index contributed by atoms with van der Waals surface area (Å²) in [6, 6.07) is 4.64. The summed E-state index contributed by atoms with van der Waals surface area (Å²) in [5.41, 5.74) is -0.809. The largest absolute Gasteiger partial charge is 0.491 e. The fraction of sp³-hybridized carbons (Fsp3) is 0.632. The van der Waals surface area contributed by atoms with Crippen LogP contribution in [0, 0.1) is 5.92 Å². The van der Waals surface area contributed by atoms with E-state index < -0.39 is 17.8 Å². The number of carbonyl (C=O) groups is 1. The molecule has 9 heteroatoms. The Bertz CT molecular complexity index is 646. The Labute approximate surface area is 168 Å². The van der Waals surface area contributed by atoms with Crippen molar-refractivity contribution in [3.63, 3.8) is 0 Å². The highest BCUT2D eigenvalue weighted by Crippen LogP contribution is 2.33. The molecule has 2 aliphatic rings. The molecule has 1 aliphatic heterocycles. The van der Waals surface area contributed by atoms with Crippen LogP contribution in [0.2, 0.25) is 0 Å². The predicted molar refractivity (Wildman–Crippen MR) is 100 cm³/mol. The quantitative estimate of drug-likeness (QED) is 0.659. The van der Waals surface area contributed by atoms with Gasteiger partial charge in [0.1, 0.15) is 18.5 Å². The summed E-state index contributed by atoms with van der Waals surface area (Å²) in [4.78, 5) is 12.3. The molecule has 1 aromatic carbocycles. The number of hydrogen-bond acceptors (Lipinski definition) is 4. The molecule has 4 atom stereocenters. The van der Waals surface area contributed by atoms with Crippen LogP contribution in [0.3, 0.4) is 0 Å². The van der Waals surface area contributed by atoms with E-state index in [1.165, 1.54) is 25.0 Å². The number of aliphatic hydroxyl groups excluding tert-OH is 1. The Morgan fingerprint density at radius 2 is 2.07 bits per heavy atom. The highest BCUT2D eigenvalue weighted by Gasteiger charge is 2.38. The van der Waals surface area contributed by atoms with Gasteiger partial charge in [0.15, 0.2) is 0 Å². The van der Waals surface area contributed by atoms with Gasteiger partial charge in [-0.2, -0.15) is 13.2 Å². The molecular formula is C19H26ClF3N2O3. The smallest absolute Gasteiger partial charge is 0.416 e. The summed E-state index contributed by atoms with van der Waals surface area (Å²) >= 11 is 0. The van der Waals surface area contributed by atoms with Crippen molar-refractivity contribution >= 4 is 18.3 Å². The average Bonchev–Trinajstić information content (AvgIpc) is 3.08. The molecule has 1 saturated heterocycles. The third-order valence-electron chi connectivity index (χ3n) is 5.29. The first-order valence-electron chi connectivity index (χ1n) is 9.35. The zero-order valence-electron chi connectivity index (χ0n) is 15.4. The molecule has 0 aromatic heterocycles. The molecule has 0 bridgehead atoms. The molecule has 2 fully saturated rings. The molecule has 5 nitrogen and oxygen atoms in total. The maximum absolute atomic E-state index is 12.7. The number of benzene rings is 1. The zero-order valence-corrected chi connectivity index (χ0v) is 16.2. The van der Waals surface area contributed by atoms with Crippen molar-refractivity contribution in [1.82, 2.24) is 10.6 Å². The Balaban J connectivity index is 0.00000280. The van der Waals surface area contributed by atoms with Crippen molar-refractivity contribution in [2.75, 3.05) is 13.2 Å². The first kappa shape index (κ1) is 22.8. The SMILES string of the molecule is Cl.O=C(NCC(O)COc1cccc(C(F)(F)F)c1)C1CC2CCCCC2N1. The molecule has 28 heavy (non-hydrogen) atoms. The highest BCUT2D eigenvalue weighted by atomic mass is 35.5. The van der Waals surface area contributed by atoms with Gasteiger partial charge in [0, 0.05) is 12.6 Å². The van der Waals surface area contributed by atoms with Crippen LogP contribution in [-0.4, -0.2) is 42.4 Å². The van der Waals surface area contributed by atoms with Crippen molar-refractivity contribution in [3.8, 4) is 5.75 Å². The van der Waals surface area contributed by atoms with Crippen LogP contribution < -0.4 is 15.4 Å². The normalized spacial score (nSPS) is 25.4. The fourth-order valence-electron chi connectivity index (χ4n) is 3.88. The standard InChI is InChI=1S/C19H25F3N2O3.ClH/c20-19(21,22)13-5-3-6-15(9-13)27-11-14(25)10-23-18(26)17-8-12-4-1-2-7-16(12)24-17;/h3,5-6,9,12,14,16-17,24-25H,1-2,4,7-8,10-11H2,(H,23,26);1H. The van der Waals surface area contributed by atoms with Crippen molar-refractivity contribution in [1.29, 1.82) is 0 Å². The van der Waals surface area contributed by atoms with E-state index in [1.807, 2.05) is 0 Å². The molecular weight excluding hydrogens is 397 g/mol. The lowest BCUT2D eigenvalue weighted by molar-refractivity contribution is -0.137. The van der Waals surface area contributed by atoms with Crippen LogP contribution in [0.25, 0.3) is 0 Å². The van der Waals surface area contributed by atoms with Gasteiger partial charge in [-0.05, 0) is 43.4 Å². The lowest BCUT2D eigenvalue weighted by Crippen LogP contribution is -2.45. The van der Waals surface area contributed by atoms with E-state index in [4.69, 9.17) is 4.74 Å². The minimum absolute atomic E-state index is 0. The van der Waals surface area contributed by atoms with Crippen molar-refractivity contribution < 1.29 is 27.8 Å². The lowest BCUT2D eigenvalue weighted by atomic mass is 9.85. The van der Waals surface area contributed by atoms with Gasteiger partial charge in [0.2, 0.25) is 5.91 Å². The van der Waals surface area contributed by atoms with E-state index >= 15 is 0 Å². The minimum atomic E-state index is -4.45. The topological polar surface area (TPSA) is 70.6 Å². The Morgan fingerprint density at radius 1 is 1.32 bits per heavy atom. The van der Waals surface area contributed by atoms with Crippen LogP contribution in [0.4, 0.5) is 13.2 Å². The Morgan fingerprint density at radius 3 is 2.79 bits per heavy atom. The first-order chi connectivity index (χ1) is 12.8. The van der Waals surface area contributed by atoms with Gasteiger partial charge < -0.3 is 20.5 Å². The number of ether oxygens (including phenoxy) is 1. The second kappa shape index (κ2) is 9.80. The summed E-state index contributed by atoms with van der Waals surface area (Å²) < 4.78 is 43.3. The molecule has 0 spiro atoms. The van der Waals surface area contributed by atoms with E-state index in [0.29, 0.717) is 12.0 Å².